The Morgan fingerprint density at radius 3 is 1.17 bits per heavy atom. The average Bonchev–Trinajstić information content (AvgIpc) is 1.62. The van der Waals surface area contributed by atoms with Crippen LogP contribution < -0.4 is 23.2 Å². The standard InChI is InChI=1S/C23H25F3N2O2S2.C16H20F2N2O2S2.C12H13NO4S2.C11H12BrNO2S2.C11H13NO3S2/c1-17-20-5-2-3-6-21(20)31-22(17)28(15-18-7-9-19(24)10-8-18)32(29,30)14-13-27-12-4-11-23(25,26)16-27;1-12-13-5-2-3-6-14(13)23-15(12)19-24(21,22)10-9-20-8-4-7-16(17,18)11-20;1-8-9-5-3-4-6-10(9)18-12(8)13-19(15,16)7-11(14)17-2;1-8-9-4-2-3-5-10(9)16-11(8)13-17(14,15)7-6-12;1-8-9-4-2-3-5-10(9)16-11(8)12-17(14,15)7-6-13/h2-3,5-10H,4,11-16H2,1H3;2-3,5-6,19H,4,7-11H2,1H3;3-6,13H,7H2,1-2H3;2-5,13H,6-7H2,1H3;2-5,12-13H,6-7H2,1H3. The van der Waals surface area contributed by atoms with E-state index in [-0.39, 0.29) is 68.6 Å². The number of fused-ring (bicyclic) bond motifs is 5. The van der Waals surface area contributed by atoms with Crippen LogP contribution in [0.4, 0.5) is 47.0 Å². The Morgan fingerprint density at radius 1 is 0.486 bits per heavy atom. The van der Waals surface area contributed by atoms with Gasteiger partial charge in [0.05, 0.1) is 56.4 Å². The van der Waals surface area contributed by atoms with Gasteiger partial charge in [0.2, 0.25) is 50.1 Å². The van der Waals surface area contributed by atoms with E-state index in [0.717, 1.165) is 85.4 Å². The predicted molar refractivity (Wildman–Crippen MR) is 443 cm³/mol. The molecular weight excluding hydrogens is 1680 g/mol. The van der Waals surface area contributed by atoms with E-state index < -0.39 is 86.0 Å². The highest BCUT2D eigenvalue weighted by Gasteiger charge is 2.38. The number of anilines is 5. The zero-order valence-electron chi connectivity index (χ0n) is 60.1. The minimum Gasteiger partial charge on any atom is -0.468 e. The number of piperidine rings is 2. The molecular formula is C73H83BrF5N7O13S10. The highest BCUT2D eigenvalue weighted by Crippen LogP contribution is 2.42. The van der Waals surface area contributed by atoms with Crippen molar-refractivity contribution in [2.24, 2.45) is 0 Å². The second-order valence-corrected chi connectivity index (χ2v) is 41.1. The Bertz CT molecular complexity index is 5470. The fourth-order valence-electron chi connectivity index (χ4n) is 11.8. The first-order chi connectivity index (χ1) is 51.4. The quantitative estimate of drug-likeness (QED) is 0.0214. The van der Waals surface area contributed by atoms with Crippen molar-refractivity contribution in [3.63, 3.8) is 0 Å². The van der Waals surface area contributed by atoms with Gasteiger partial charge in [-0.25, -0.2) is 64.0 Å². The number of aliphatic hydroxyl groups is 1. The lowest BCUT2D eigenvalue weighted by Gasteiger charge is -2.33. The van der Waals surface area contributed by atoms with Gasteiger partial charge in [0, 0.05) is 54.8 Å². The molecule has 0 bridgehead atoms. The smallest absolute Gasteiger partial charge is 0.322 e. The monoisotopic (exact) mass is 1760 g/mol. The van der Waals surface area contributed by atoms with Gasteiger partial charge in [-0.1, -0.05) is 119 Å². The summed E-state index contributed by atoms with van der Waals surface area (Å²) in [4.78, 5) is 14.1. The third-order valence-electron chi connectivity index (χ3n) is 17.5. The number of likely N-dealkylation sites (tertiary alicyclic amines) is 2. The van der Waals surface area contributed by atoms with Crippen molar-refractivity contribution in [2.45, 2.75) is 78.7 Å². The number of carbonyl (C=O) groups excluding carboxylic acids is 1. The first kappa shape index (κ1) is 86.3. The van der Waals surface area contributed by atoms with Gasteiger partial charge in [-0.05, 0) is 163 Å². The van der Waals surface area contributed by atoms with Crippen LogP contribution in [-0.2, 0) is 66.2 Å². The number of hydrogen-bond acceptors (Lipinski definition) is 20. The normalized spacial score (nSPS) is 14.8. The maximum absolute atomic E-state index is 13.8. The summed E-state index contributed by atoms with van der Waals surface area (Å²) >= 11 is 10.1. The van der Waals surface area contributed by atoms with Crippen molar-refractivity contribution in [2.75, 3.05) is 110 Å². The van der Waals surface area contributed by atoms with Gasteiger partial charge in [0.1, 0.15) is 30.8 Å². The molecule has 590 valence electrons. The number of hydrogen-bond donors (Lipinski definition) is 5. The third kappa shape index (κ3) is 24.2. The number of nitrogens with one attached hydrogen (secondary N) is 4. The van der Waals surface area contributed by atoms with Crippen LogP contribution in [-0.4, -0.2) is 162 Å². The minimum atomic E-state index is -3.83. The predicted octanol–water partition coefficient (Wildman–Crippen LogP) is 16.5. The molecule has 7 heterocycles. The molecule has 0 amide bonds. The molecule has 36 heteroatoms. The van der Waals surface area contributed by atoms with Crippen LogP contribution >= 0.6 is 72.6 Å². The Morgan fingerprint density at radius 2 is 0.826 bits per heavy atom. The molecule has 13 rings (SSSR count). The average molecular weight is 1760 g/mol. The van der Waals surface area contributed by atoms with Gasteiger partial charge in [-0.3, -0.25) is 37.8 Å². The van der Waals surface area contributed by atoms with Crippen LogP contribution in [0, 0.1) is 40.4 Å². The van der Waals surface area contributed by atoms with Crippen molar-refractivity contribution >= 4 is 204 Å². The molecule has 0 atom stereocenters. The Hall–Kier alpha value is -6.65. The lowest BCUT2D eigenvalue weighted by molar-refractivity contribution is -0.137. The van der Waals surface area contributed by atoms with Gasteiger partial charge < -0.3 is 9.84 Å². The molecule has 0 aliphatic carbocycles. The third-order valence-corrected chi connectivity index (χ3v) is 31.7. The number of aliphatic hydroxyl groups excluding tert-OH is 1. The number of alkyl halides is 5. The Labute approximate surface area is 660 Å². The van der Waals surface area contributed by atoms with Crippen LogP contribution in [0.1, 0.15) is 59.1 Å². The van der Waals surface area contributed by atoms with E-state index in [1.807, 2.05) is 156 Å². The topological polar surface area (TPSA) is 275 Å². The van der Waals surface area contributed by atoms with E-state index >= 15 is 0 Å². The summed E-state index contributed by atoms with van der Waals surface area (Å²) in [5.41, 5.74) is 5.16. The summed E-state index contributed by atoms with van der Waals surface area (Å²) < 4.78 is 210. The molecule has 0 saturated carbocycles. The number of benzene rings is 6. The number of methoxy groups -OCH3 is 1. The van der Waals surface area contributed by atoms with Crippen molar-refractivity contribution in [1.82, 2.24) is 9.80 Å². The van der Waals surface area contributed by atoms with Crippen LogP contribution in [0.15, 0.2) is 146 Å². The molecule has 5 aromatic heterocycles. The van der Waals surface area contributed by atoms with Crippen LogP contribution in [0.3, 0.4) is 0 Å². The van der Waals surface area contributed by atoms with Crippen molar-refractivity contribution < 1.29 is 78.7 Å². The molecule has 109 heavy (non-hydrogen) atoms. The van der Waals surface area contributed by atoms with Gasteiger partial charge in [-0.15, -0.1) is 56.7 Å². The minimum absolute atomic E-state index is 0.0434. The number of rotatable bonds is 24. The van der Waals surface area contributed by atoms with E-state index in [4.69, 9.17) is 5.11 Å². The van der Waals surface area contributed by atoms with Crippen LogP contribution in [0.5, 0.6) is 0 Å². The summed E-state index contributed by atoms with van der Waals surface area (Å²) in [5, 5.41) is 17.3. The van der Waals surface area contributed by atoms with Crippen molar-refractivity contribution in [3.8, 4) is 0 Å². The largest absolute Gasteiger partial charge is 0.468 e. The fourth-order valence-corrected chi connectivity index (χ4v) is 25.6. The molecule has 20 nitrogen and oxygen atoms in total. The van der Waals surface area contributed by atoms with Gasteiger partial charge in [0.15, 0.2) is 5.75 Å². The lowest BCUT2D eigenvalue weighted by Crippen LogP contribution is -2.45. The van der Waals surface area contributed by atoms with Crippen LogP contribution in [0.25, 0.3) is 50.4 Å². The molecule has 0 unspecified atom stereocenters. The molecule has 0 spiro atoms. The van der Waals surface area contributed by atoms with Crippen LogP contribution in [0.2, 0.25) is 0 Å². The first-order valence-electron chi connectivity index (χ1n) is 34.0. The van der Waals surface area contributed by atoms with Gasteiger partial charge >= 0.3 is 5.97 Å². The second kappa shape index (κ2) is 37.3. The molecule has 5 N–H and O–H groups in total. The number of ether oxygens (including phenoxy) is 1. The maximum Gasteiger partial charge on any atom is 0.322 e. The number of aryl methyl sites for hydroxylation is 5. The van der Waals surface area contributed by atoms with E-state index in [1.165, 1.54) is 82.9 Å². The Kier molecular flexibility index (Phi) is 29.6. The SMILES string of the molecule is COC(=O)CS(=O)(=O)Nc1sc2ccccc2c1C.Cc1c(N(Cc2ccc(F)cc2)S(=O)(=O)CCN2CCCC(F)(F)C2)sc2ccccc12.Cc1c(NS(=O)(=O)CCBr)sc2ccccc12.Cc1c(NS(=O)(=O)CCN2CCCC(F)(F)C2)sc2ccccc12.Cc1c(NS(=O)(=O)CCO)sc2ccccc12. The number of halogens is 6. The summed E-state index contributed by atoms with van der Waals surface area (Å²) in [6.45, 7) is 9.47. The van der Waals surface area contributed by atoms with Crippen molar-refractivity contribution in [3.05, 3.63) is 185 Å². The van der Waals surface area contributed by atoms with E-state index in [1.54, 1.807) is 12.1 Å². The van der Waals surface area contributed by atoms with E-state index in [0.29, 0.717) is 61.8 Å². The van der Waals surface area contributed by atoms with Crippen molar-refractivity contribution in [1.29, 1.82) is 0 Å². The zero-order valence-corrected chi connectivity index (χ0v) is 69.9. The number of nitrogens with zero attached hydrogens (tertiary/aromatic N) is 3. The van der Waals surface area contributed by atoms with Gasteiger partial charge in [0.25, 0.3) is 11.8 Å². The number of carbonyl (C=O) groups is 1. The second-order valence-electron chi connectivity index (χ2n) is 25.8. The van der Waals surface area contributed by atoms with E-state index in [2.05, 4.69) is 39.6 Å². The summed E-state index contributed by atoms with van der Waals surface area (Å²) in [5.74, 6) is -8.00. The molecule has 2 aliphatic rings. The number of thiophene rings is 5. The molecule has 11 aromatic rings. The maximum atomic E-state index is 13.8. The summed E-state index contributed by atoms with van der Waals surface area (Å²) in [6.07, 6.45) is 0.473. The first-order valence-corrected chi connectivity index (χ1v) is 47.4. The summed E-state index contributed by atoms with van der Waals surface area (Å²) in [7, 11) is -16.7. The zero-order chi connectivity index (χ0) is 79.3. The Balaban J connectivity index is 0.000000161. The molecule has 0 radical (unpaired) electrons. The molecule has 2 aliphatic heterocycles. The molecule has 2 fully saturated rings. The number of sulfonamides is 5. The van der Waals surface area contributed by atoms with E-state index in [9.17, 15) is 68.8 Å². The molecule has 6 aromatic carbocycles. The fraction of sp³-hybridized carbons (Fsp3) is 0.356. The van der Waals surface area contributed by atoms with Gasteiger partial charge in [-0.2, -0.15) is 0 Å². The molecule has 2 saturated heterocycles. The highest BCUT2D eigenvalue weighted by molar-refractivity contribution is 9.09. The highest BCUT2D eigenvalue weighted by atomic mass is 79.9. The summed E-state index contributed by atoms with van der Waals surface area (Å²) in [6, 6.07) is 44.5. The lowest BCUT2D eigenvalue weighted by atomic mass is 10.1. The number of esters is 1.